The first kappa shape index (κ1) is 16.7. The number of rotatable bonds is 3. The highest BCUT2D eigenvalue weighted by Crippen LogP contribution is 2.40. The van der Waals surface area contributed by atoms with Crippen molar-refractivity contribution >= 4 is 32.3 Å². The molecule has 3 aromatic rings. The number of fused-ring (bicyclic) bond motifs is 1. The molecule has 3 rings (SSSR count). The van der Waals surface area contributed by atoms with Crippen molar-refractivity contribution in [3.05, 3.63) is 48.5 Å². The van der Waals surface area contributed by atoms with Gasteiger partial charge in [0.15, 0.2) is 0 Å². The summed E-state index contributed by atoms with van der Waals surface area (Å²) in [6.45, 7) is 0. The van der Waals surface area contributed by atoms with E-state index in [1.54, 1.807) is 12.1 Å². The maximum atomic E-state index is 11.4. The number of nitrogens with zero attached hydrogens (tertiary/aromatic N) is 2. The molecule has 0 fully saturated rings. The van der Waals surface area contributed by atoms with Gasteiger partial charge in [0.2, 0.25) is 0 Å². The zero-order valence-corrected chi connectivity index (χ0v) is 13.3. The summed E-state index contributed by atoms with van der Waals surface area (Å²) in [6, 6.07) is 10.5. The molecule has 0 saturated carbocycles. The molecule has 9 heteroatoms. The lowest BCUT2D eigenvalue weighted by atomic mass is 10.1. The van der Waals surface area contributed by atoms with Gasteiger partial charge in [-0.2, -0.15) is 0 Å². The van der Waals surface area contributed by atoms with Crippen LogP contribution in [0.5, 0.6) is 17.2 Å². The SMILES string of the molecule is O=S(=O)([O-])c1cc(O)c(N=Nc2ccc(O)cc2O)c2ccccc12. The van der Waals surface area contributed by atoms with Crippen LogP contribution in [0.25, 0.3) is 10.8 Å². The number of phenolic OH excluding ortho intramolecular Hbond substituents is 3. The fourth-order valence-corrected chi connectivity index (χ4v) is 3.03. The van der Waals surface area contributed by atoms with E-state index in [4.69, 9.17) is 0 Å². The van der Waals surface area contributed by atoms with E-state index in [9.17, 15) is 28.3 Å². The Bertz CT molecular complexity index is 1110. The normalized spacial score (nSPS) is 12.0. The summed E-state index contributed by atoms with van der Waals surface area (Å²) < 4.78 is 34.2. The monoisotopic (exact) mass is 359 g/mol. The summed E-state index contributed by atoms with van der Waals surface area (Å²) in [5.74, 6) is -1.03. The van der Waals surface area contributed by atoms with Crippen molar-refractivity contribution in [1.29, 1.82) is 0 Å². The molecule has 3 aromatic carbocycles. The average molecular weight is 359 g/mol. The zero-order valence-electron chi connectivity index (χ0n) is 12.5. The van der Waals surface area contributed by atoms with Crippen LogP contribution in [0.15, 0.2) is 63.7 Å². The maximum Gasteiger partial charge on any atom is 0.146 e. The van der Waals surface area contributed by atoms with Gasteiger partial charge in [-0.3, -0.25) is 0 Å². The number of hydrogen-bond donors (Lipinski definition) is 3. The van der Waals surface area contributed by atoms with Crippen molar-refractivity contribution in [2.45, 2.75) is 4.90 Å². The molecule has 0 saturated heterocycles. The number of azo groups is 1. The predicted molar refractivity (Wildman–Crippen MR) is 87.5 cm³/mol. The van der Waals surface area contributed by atoms with Gasteiger partial charge in [-0.05, 0) is 12.1 Å². The van der Waals surface area contributed by atoms with Crippen LogP contribution in [-0.2, 0) is 10.1 Å². The number of phenols is 3. The third-order valence-corrected chi connectivity index (χ3v) is 4.32. The van der Waals surface area contributed by atoms with Gasteiger partial charge in [-0.1, -0.05) is 24.3 Å². The molecular formula is C16H11N2O6S-. The van der Waals surface area contributed by atoms with Crippen LogP contribution in [0.2, 0.25) is 0 Å². The van der Waals surface area contributed by atoms with E-state index < -0.39 is 20.8 Å². The summed E-state index contributed by atoms with van der Waals surface area (Å²) >= 11 is 0. The lowest BCUT2D eigenvalue weighted by Crippen LogP contribution is -1.99. The first-order valence-corrected chi connectivity index (χ1v) is 8.32. The topological polar surface area (TPSA) is 143 Å². The van der Waals surface area contributed by atoms with Crippen molar-refractivity contribution in [3.8, 4) is 17.2 Å². The fourth-order valence-electron chi connectivity index (χ4n) is 2.32. The van der Waals surface area contributed by atoms with Crippen molar-refractivity contribution in [2.75, 3.05) is 0 Å². The van der Waals surface area contributed by atoms with Gasteiger partial charge in [0.05, 0.1) is 4.90 Å². The third kappa shape index (κ3) is 3.23. The lowest BCUT2D eigenvalue weighted by molar-refractivity contribution is 0.451. The van der Waals surface area contributed by atoms with Gasteiger partial charge in [0, 0.05) is 22.9 Å². The van der Waals surface area contributed by atoms with Gasteiger partial charge >= 0.3 is 0 Å². The minimum atomic E-state index is -4.80. The molecule has 128 valence electrons. The Kier molecular flexibility index (Phi) is 4.03. The molecule has 0 spiro atoms. The molecule has 0 aliphatic carbocycles. The standard InChI is InChI=1S/C16H12N2O6S/c19-9-5-6-12(13(20)7-9)17-18-16-11-4-2-1-3-10(11)15(8-14(16)21)25(22,23)24/h1-8,19-21H,(H,22,23,24)/p-1. The largest absolute Gasteiger partial charge is 0.744 e. The molecule has 8 nitrogen and oxygen atoms in total. The third-order valence-electron chi connectivity index (χ3n) is 3.44. The van der Waals surface area contributed by atoms with Gasteiger partial charge in [-0.15, -0.1) is 10.2 Å². The van der Waals surface area contributed by atoms with E-state index in [0.29, 0.717) is 0 Å². The molecule has 0 aliphatic heterocycles. The van der Waals surface area contributed by atoms with Gasteiger partial charge in [0.25, 0.3) is 0 Å². The van der Waals surface area contributed by atoms with Crippen molar-refractivity contribution in [3.63, 3.8) is 0 Å². The van der Waals surface area contributed by atoms with Crippen LogP contribution in [-0.4, -0.2) is 28.3 Å². The summed E-state index contributed by atoms with van der Waals surface area (Å²) in [7, 11) is -4.80. The first-order valence-electron chi connectivity index (χ1n) is 6.91. The minimum absolute atomic E-state index is 0.0294. The lowest BCUT2D eigenvalue weighted by Gasteiger charge is -2.13. The summed E-state index contributed by atoms with van der Waals surface area (Å²) in [4.78, 5) is -0.563. The molecule has 0 unspecified atom stereocenters. The second-order valence-electron chi connectivity index (χ2n) is 5.12. The minimum Gasteiger partial charge on any atom is -0.744 e. The summed E-state index contributed by atoms with van der Waals surface area (Å²) in [5.41, 5.74) is -0.0303. The number of aromatic hydroxyl groups is 3. The Morgan fingerprint density at radius 1 is 0.840 bits per heavy atom. The van der Waals surface area contributed by atoms with E-state index in [0.717, 1.165) is 12.1 Å². The summed E-state index contributed by atoms with van der Waals surface area (Å²) in [6.07, 6.45) is 0. The Morgan fingerprint density at radius 2 is 1.52 bits per heavy atom. The van der Waals surface area contributed by atoms with Crippen LogP contribution < -0.4 is 0 Å². The van der Waals surface area contributed by atoms with E-state index in [1.165, 1.54) is 24.3 Å². The Morgan fingerprint density at radius 3 is 2.16 bits per heavy atom. The maximum absolute atomic E-state index is 11.4. The molecule has 0 amide bonds. The number of hydrogen-bond acceptors (Lipinski definition) is 8. The van der Waals surface area contributed by atoms with E-state index in [1.807, 2.05) is 0 Å². The quantitative estimate of drug-likeness (QED) is 0.484. The van der Waals surface area contributed by atoms with Crippen LogP contribution in [0.1, 0.15) is 0 Å². The van der Waals surface area contributed by atoms with E-state index in [-0.39, 0.29) is 33.6 Å². The molecule has 0 atom stereocenters. The molecular weight excluding hydrogens is 348 g/mol. The van der Waals surface area contributed by atoms with Gasteiger partial charge in [-0.25, -0.2) is 8.42 Å². The Labute approximate surface area is 142 Å². The molecule has 0 bridgehead atoms. The highest BCUT2D eigenvalue weighted by atomic mass is 32.2. The Balaban J connectivity index is 2.21. The van der Waals surface area contributed by atoms with Gasteiger partial charge in [0.1, 0.15) is 38.7 Å². The second kappa shape index (κ2) is 6.04. The predicted octanol–water partition coefficient (Wildman–Crippen LogP) is 3.28. The average Bonchev–Trinajstić information content (AvgIpc) is 2.54. The van der Waals surface area contributed by atoms with Crippen LogP contribution in [0.3, 0.4) is 0 Å². The second-order valence-corrected chi connectivity index (χ2v) is 6.46. The fraction of sp³-hybridized carbons (Fsp3) is 0. The van der Waals surface area contributed by atoms with Crippen molar-refractivity contribution in [2.24, 2.45) is 10.2 Å². The van der Waals surface area contributed by atoms with Crippen LogP contribution >= 0.6 is 0 Å². The highest BCUT2D eigenvalue weighted by molar-refractivity contribution is 7.86. The van der Waals surface area contributed by atoms with Gasteiger partial charge < -0.3 is 19.9 Å². The molecule has 0 radical (unpaired) electrons. The van der Waals surface area contributed by atoms with Crippen molar-refractivity contribution < 1.29 is 28.3 Å². The van der Waals surface area contributed by atoms with Crippen LogP contribution in [0.4, 0.5) is 11.4 Å². The molecule has 25 heavy (non-hydrogen) atoms. The van der Waals surface area contributed by atoms with E-state index in [2.05, 4.69) is 10.2 Å². The highest BCUT2D eigenvalue weighted by Gasteiger charge is 2.15. The smallest absolute Gasteiger partial charge is 0.146 e. The van der Waals surface area contributed by atoms with E-state index >= 15 is 0 Å². The first-order chi connectivity index (χ1) is 11.8. The van der Waals surface area contributed by atoms with Crippen LogP contribution in [0, 0.1) is 0 Å². The molecule has 3 N–H and O–H groups in total. The summed E-state index contributed by atoms with van der Waals surface area (Å²) in [5, 5.41) is 37.0. The Hall–Kier alpha value is -3.17. The van der Waals surface area contributed by atoms with Crippen molar-refractivity contribution in [1.82, 2.24) is 0 Å². The molecule has 0 aliphatic rings. The number of benzene rings is 3. The molecule has 0 heterocycles. The zero-order chi connectivity index (χ0) is 18.2. The molecule has 0 aromatic heterocycles.